The lowest BCUT2D eigenvalue weighted by molar-refractivity contribution is -0.117. The Hall–Kier alpha value is -4.60. The Morgan fingerprint density at radius 1 is 1.00 bits per heavy atom. The van der Waals surface area contributed by atoms with Crippen molar-refractivity contribution in [2.24, 2.45) is 0 Å². The summed E-state index contributed by atoms with van der Waals surface area (Å²) in [5.41, 5.74) is 1.59. The zero-order valence-corrected chi connectivity index (χ0v) is 17.4. The molecule has 0 aliphatic carbocycles. The number of hydrogen-bond acceptors (Lipinski definition) is 6. The maximum absolute atomic E-state index is 12.7. The highest BCUT2D eigenvalue weighted by atomic mass is 16.7. The van der Waals surface area contributed by atoms with Gasteiger partial charge in [0.25, 0.3) is 5.91 Å². The minimum Gasteiger partial charge on any atom is -0.454 e. The van der Waals surface area contributed by atoms with Crippen LogP contribution in [0.2, 0.25) is 0 Å². The van der Waals surface area contributed by atoms with E-state index >= 15 is 0 Å². The molecule has 2 amide bonds. The molecular weight excluding hydrogens is 426 g/mol. The third kappa shape index (κ3) is 4.26. The number of benzene rings is 2. The van der Waals surface area contributed by atoms with Crippen molar-refractivity contribution in [3.8, 4) is 11.5 Å². The lowest BCUT2D eigenvalue weighted by atomic mass is 10.2. The van der Waals surface area contributed by atoms with Crippen molar-refractivity contribution in [2.75, 3.05) is 12.1 Å². The molecule has 3 heterocycles. The van der Waals surface area contributed by atoms with Crippen molar-refractivity contribution in [1.29, 1.82) is 0 Å². The first-order valence-electron chi connectivity index (χ1n) is 10.2. The van der Waals surface area contributed by atoms with Gasteiger partial charge in [-0.2, -0.15) is 0 Å². The third-order valence-corrected chi connectivity index (χ3v) is 5.08. The summed E-state index contributed by atoms with van der Waals surface area (Å²) in [7, 11) is 0. The van der Waals surface area contributed by atoms with Crippen molar-refractivity contribution >= 4 is 23.1 Å². The van der Waals surface area contributed by atoms with Gasteiger partial charge < -0.3 is 20.1 Å². The SMILES string of the molecule is O=C(Cn1nc2ccc(C(=O)NCc3ccccc3)cn2c1=O)Nc1ccc2c(c1)OCO2. The van der Waals surface area contributed by atoms with Gasteiger partial charge in [0.15, 0.2) is 17.1 Å². The summed E-state index contributed by atoms with van der Waals surface area (Å²) in [5, 5.41) is 9.70. The second-order valence-corrected chi connectivity index (χ2v) is 7.37. The molecule has 5 rings (SSSR count). The number of ether oxygens (including phenoxy) is 2. The van der Waals surface area contributed by atoms with E-state index in [1.807, 2.05) is 30.3 Å². The van der Waals surface area contributed by atoms with Gasteiger partial charge in [-0.1, -0.05) is 30.3 Å². The summed E-state index contributed by atoms with van der Waals surface area (Å²) >= 11 is 0. The molecule has 4 aromatic rings. The summed E-state index contributed by atoms with van der Waals surface area (Å²) in [5.74, 6) is 0.394. The smallest absolute Gasteiger partial charge is 0.350 e. The Kier molecular flexibility index (Phi) is 5.23. The second kappa shape index (κ2) is 8.50. The van der Waals surface area contributed by atoms with Crippen LogP contribution in [-0.4, -0.2) is 32.8 Å². The standard InChI is InChI=1S/C23H19N5O5/c29-21(25-17-7-8-18-19(10-17)33-14-32-18)13-28-23(31)27-12-16(6-9-20(27)26-28)22(30)24-11-15-4-2-1-3-5-15/h1-10,12H,11,13-14H2,(H,24,30)(H,25,29). The van der Waals surface area contributed by atoms with E-state index in [4.69, 9.17) is 9.47 Å². The topological polar surface area (TPSA) is 116 Å². The lowest BCUT2D eigenvalue weighted by Gasteiger charge is -2.05. The van der Waals surface area contributed by atoms with E-state index in [0.717, 1.165) is 10.2 Å². The van der Waals surface area contributed by atoms with Gasteiger partial charge in [-0.05, 0) is 29.8 Å². The average molecular weight is 445 g/mol. The molecule has 0 bridgehead atoms. The molecule has 0 fully saturated rings. The van der Waals surface area contributed by atoms with Gasteiger partial charge in [0, 0.05) is 24.5 Å². The number of anilines is 1. The molecule has 10 heteroatoms. The quantitative estimate of drug-likeness (QED) is 0.468. The molecule has 0 unspecified atom stereocenters. The third-order valence-electron chi connectivity index (χ3n) is 5.08. The van der Waals surface area contributed by atoms with Crippen LogP contribution >= 0.6 is 0 Å². The van der Waals surface area contributed by atoms with Gasteiger partial charge in [-0.25, -0.2) is 13.9 Å². The number of rotatable bonds is 6. The lowest BCUT2D eigenvalue weighted by Crippen LogP contribution is -2.28. The molecule has 0 spiro atoms. The van der Waals surface area contributed by atoms with E-state index in [0.29, 0.717) is 34.9 Å². The fourth-order valence-corrected chi connectivity index (χ4v) is 3.45. The van der Waals surface area contributed by atoms with Gasteiger partial charge in [0.05, 0.1) is 5.56 Å². The van der Waals surface area contributed by atoms with Gasteiger partial charge in [0.2, 0.25) is 12.7 Å². The minimum atomic E-state index is -0.524. The molecule has 10 nitrogen and oxygen atoms in total. The molecule has 1 aliphatic heterocycles. The highest BCUT2D eigenvalue weighted by Crippen LogP contribution is 2.34. The zero-order valence-electron chi connectivity index (χ0n) is 17.4. The number of nitrogens with one attached hydrogen (secondary N) is 2. The van der Waals surface area contributed by atoms with Crippen LogP contribution in [0, 0.1) is 0 Å². The molecule has 2 N–H and O–H groups in total. The van der Waals surface area contributed by atoms with E-state index < -0.39 is 11.6 Å². The molecule has 0 saturated heterocycles. The Bertz CT molecular complexity index is 1410. The van der Waals surface area contributed by atoms with Crippen molar-refractivity contribution < 1.29 is 19.1 Å². The van der Waals surface area contributed by atoms with E-state index in [1.165, 1.54) is 10.6 Å². The summed E-state index contributed by atoms with van der Waals surface area (Å²) in [4.78, 5) is 37.7. The Morgan fingerprint density at radius 2 is 1.82 bits per heavy atom. The van der Waals surface area contributed by atoms with Crippen LogP contribution in [0.5, 0.6) is 11.5 Å². The van der Waals surface area contributed by atoms with Crippen LogP contribution in [0.15, 0.2) is 71.7 Å². The highest BCUT2D eigenvalue weighted by Gasteiger charge is 2.16. The summed E-state index contributed by atoms with van der Waals surface area (Å²) in [6, 6.07) is 17.7. The molecule has 166 valence electrons. The first kappa shape index (κ1) is 20.3. The maximum Gasteiger partial charge on any atom is 0.350 e. The summed E-state index contributed by atoms with van der Waals surface area (Å²) in [6.45, 7) is 0.214. The average Bonchev–Trinajstić information content (AvgIpc) is 3.42. The molecule has 0 atom stereocenters. The van der Waals surface area contributed by atoms with E-state index in [9.17, 15) is 14.4 Å². The first-order chi connectivity index (χ1) is 16.1. The molecule has 33 heavy (non-hydrogen) atoms. The molecule has 0 saturated carbocycles. The predicted molar refractivity (Wildman–Crippen MR) is 118 cm³/mol. The Balaban J connectivity index is 1.28. The Morgan fingerprint density at radius 3 is 2.67 bits per heavy atom. The van der Waals surface area contributed by atoms with E-state index in [1.54, 1.807) is 30.3 Å². The van der Waals surface area contributed by atoms with Crippen molar-refractivity contribution in [2.45, 2.75) is 13.1 Å². The number of nitrogens with zero attached hydrogens (tertiary/aromatic N) is 3. The molecule has 2 aromatic heterocycles. The molecule has 0 radical (unpaired) electrons. The van der Waals surface area contributed by atoms with Crippen molar-refractivity contribution in [1.82, 2.24) is 19.5 Å². The number of pyridine rings is 1. The van der Waals surface area contributed by atoms with Crippen LogP contribution in [0.25, 0.3) is 5.65 Å². The minimum absolute atomic E-state index is 0.135. The molecular formula is C23H19N5O5. The first-order valence-corrected chi connectivity index (χ1v) is 10.2. The van der Waals surface area contributed by atoms with E-state index in [-0.39, 0.29) is 19.2 Å². The zero-order chi connectivity index (χ0) is 22.8. The van der Waals surface area contributed by atoms with Crippen LogP contribution in [0.1, 0.15) is 15.9 Å². The Labute approximate surface area is 187 Å². The van der Waals surface area contributed by atoms with Gasteiger partial charge in [0.1, 0.15) is 6.54 Å². The van der Waals surface area contributed by atoms with Gasteiger partial charge in [-0.15, -0.1) is 5.10 Å². The maximum atomic E-state index is 12.7. The van der Waals surface area contributed by atoms with Gasteiger partial charge in [-0.3, -0.25) is 9.59 Å². The highest BCUT2D eigenvalue weighted by molar-refractivity contribution is 5.94. The van der Waals surface area contributed by atoms with Gasteiger partial charge >= 0.3 is 5.69 Å². The predicted octanol–water partition coefficient (Wildman–Crippen LogP) is 1.79. The number of hydrogen-bond donors (Lipinski definition) is 2. The van der Waals surface area contributed by atoms with Crippen LogP contribution in [0.3, 0.4) is 0 Å². The fraction of sp³-hybridized carbons (Fsp3) is 0.130. The van der Waals surface area contributed by atoms with E-state index in [2.05, 4.69) is 15.7 Å². The largest absolute Gasteiger partial charge is 0.454 e. The monoisotopic (exact) mass is 445 g/mol. The number of aromatic nitrogens is 3. The van der Waals surface area contributed by atoms with Crippen LogP contribution in [-0.2, 0) is 17.9 Å². The number of carbonyl (C=O) groups excluding carboxylic acids is 2. The number of fused-ring (bicyclic) bond motifs is 2. The van der Waals surface area contributed by atoms with Crippen molar-refractivity contribution in [3.05, 3.63) is 88.5 Å². The normalized spacial score (nSPS) is 12.0. The number of carbonyl (C=O) groups is 2. The van der Waals surface area contributed by atoms with Crippen LogP contribution in [0.4, 0.5) is 5.69 Å². The number of amides is 2. The summed E-state index contributed by atoms with van der Waals surface area (Å²) in [6.07, 6.45) is 1.41. The van der Waals surface area contributed by atoms with Crippen LogP contribution < -0.4 is 25.8 Å². The molecule has 1 aliphatic rings. The summed E-state index contributed by atoms with van der Waals surface area (Å²) < 4.78 is 12.8. The van der Waals surface area contributed by atoms with Crippen molar-refractivity contribution in [3.63, 3.8) is 0 Å². The fourth-order valence-electron chi connectivity index (χ4n) is 3.45. The molecule has 2 aromatic carbocycles. The second-order valence-electron chi connectivity index (χ2n) is 7.37.